The molecule has 1 saturated heterocycles. The highest BCUT2D eigenvalue weighted by atomic mass is 35.5. The summed E-state index contributed by atoms with van der Waals surface area (Å²) in [5.74, 6) is 5.39. The molecule has 10 heteroatoms. The number of likely N-dealkylation sites (N-methyl/N-ethyl adjacent to an activating group) is 1. The van der Waals surface area contributed by atoms with Gasteiger partial charge in [0.15, 0.2) is 5.82 Å². The summed E-state index contributed by atoms with van der Waals surface area (Å²) in [7, 11) is -2.11. The third-order valence-corrected chi connectivity index (χ3v) is 4.99. The van der Waals surface area contributed by atoms with Crippen molar-refractivity contribution in [1.29, 1.82) is 0 Å². The van der Waals surface area contributed by atoms with Crippen molar-refractivity contribution < 1.29 is 13.2 Å². The summed E-state index contributed by atoms with van der Waals surface area (Å²) in [5.41, 5.74) is 2.26. The van der Waals surface area contributed by atoms with Crippen molar-refractivity contribution in [3.8, 4) is 0 Å². The number of nitrogens with zero attached hydrogens (tertiary/aromatic N) is 2. The highest BCUT2D eigenvalue weighted by Crippen LogP contribution is 2.22. The average Bonchev–Trinajstić information content (AvgIpc) is 2.42. The van der Waals surface area contributed by atoms with Gasteiger partial charge in [0.1, 0.15) is 4.90 Å². The normalized spacial score (nSPS) is 19.7. The molecule has 1 aliphatic rings. The van der Waals surface area contributed by atoms with Gasteiger partial charge in [-0.1, -0.05) is 11.6 Å². The molecular weight excluding hydrogens is 318 g/mol. The number of rotatable bonds is 4. The second-order valence-electron chi connectivity index (χ2n) is 4.78. The number of hydrazine groups is 1. The number of amides is 1. The van der Waals surface area contributed by atoms with Crippen LogP contribution < -0.4 is 16.0 Å². The van der Waals surface area contributed by atoms with Crippen LogP contribution in [-0.4, -0.2) is 43.8 Å². The van der Waals surface area contributed by atoms with Crippen molar-refractivity contribution in [2.45, 2.75) is 23.8 Å². The molecule has 1 unspecified atom stereocenters. The molecule has 0 radical (unpaired) electrons. The Labute approximate surface area is 127 Å². The third-order valence-electron chi connectivity index (χ3n) is 3.21. The van der Waals surface area contributed by atoms with Gasteiger partial charge in [0.2, 0.25) is 15.9 Å². The number of hydrogen-bond donors (Lipinski definition) is 3. The van der Waals surface area contributed by atoms with Crippen molar-refractivity contribution >= 4 is 33.3 Å². The predicted molar refractivity (Wildman–Crippen MR) is 78.0 cm³/mol. The Morgan fingerprint density at radius 3 is 2.81 bits per heavy atom. The van der Waals surface area contributed by atoms with E-state index in [-0.39, 0.29) is 27.7 Å². The summed E-state index contributed by atoms with van der Waals surface area (Å²) < 4.78 is 27.1. The number of sulfonamides is 1. The van der Waals surface area contributed by atoms with Gasteiger partial charge in [0.05, 0.1) is 5.02 Å². The molecule has 0 spiro atoms. The van der Waals surface area contributed by atoms with Crippen LogP contribution in [0.5, 0.6) is 0 Å². The number of anilines is 1. The minimum absolute atomic E-state index is 0.00790. The molecule has 1 aromatic rings. The summed E-state index contributed by atoms with van der Waals surface area (Å²) in [6.07, 6.45) is 1.95. The van der Waals surface area contributed by atoms with E-state index in [4.69, 9.17) is 17.4 Å². The summed E-state index contributed by atoms with van der Waals surface area (Å²) in [5, 5.41) is 0.108. The fourth-order valence-corrected chi connectivity index (χ4v) is 3.59. The van der Waals surface area contributed by atoms with Crippen LogP contribution in [0.4, 0.5) is 5.82 Å². The molecule has 21 heavy (non-hydrogen) atoms. The lowest BCUT2D eigenvalue weighted by Gasteiger charge is -2.29. The standard InChI is InChI=1S/C11H16ClN5O3S/c1-17-6-7(2-3-10(17)18)16-21(19,20)8-4-9(12)11(15-13)14-5-8/h4-5,7,16H,2-3,6,13H2,1H3,(H,14,15). The lowest BCUT2D eigenvalue weighted by molar-refractivity contribution is -0.132. The number of carbonyl (C=O) groups excluding carboxylic acids is 1. The Bertz CT molecular complexity index is 651. The lowest BCUT2D eigenvalue weighted by Crippen LogP contribution is -2.48. The molecule has 0 aromatic carbocycles. The smallest absolute Gasteiger partial charge is 0.242 e. The Kier molecular flexibility index (Phi) is 4.67. The second kappa shape index (κ2) is 6.14. The Morgan fingerprint density at radius 1 is 1.52 bits per heavy atom. The number of nitrogens with one attached hydrogen (secondary N) is 2. The van der Waals surface area contributed by atoms with E-state index in [0.29, 0.717) is 19.4 Å². The van der Waals surface area contributed by atoms with Crippen molar-refractivity contribution in [1.82, 2.24) is 14.6 Å². The van der Waals surface area contributed by atoms with Crippen molar-refractivity contribution in [3.63, 3.8) is 0 Å². The Balaban J connectivity index is 2.15. The fraction of sp³-hybridized carbons (Fsp3) is 0.455. The minimum atomic E-state index is -3.75. The van der Waals surface area contributed by atoms with Crippen LogP contribution in [0.2, 0.25) is 5.02 Å². The maximum absolute atomic E-state index is 12.3. The number of likely N-dealkylation sites (tertiary alicyclic amines) is 1. The van der Waals surface area contributed by atoms with Gasteiger partial charge in [-0.15, -0.1) is 0 Å². The number of hydrogen-bond acceptors (Lipinski definition) is 6. The molecule has 4 N–H and O–H groups in total. The second-order valence-corrected chi connectivity index (χ2v) is 6.90. The molecule has 116 valence electrons. The number of halogens is 1. The highest BCUT2D eigenvalue weighted by molar-refractivity contribution is 7.89. The lowest BCUT2D eigenvalue weighted by atomic mass is 10.1. The SMILES string of the molecule is CN1CC(NS(=O)(=O)c2cnc(NN)c(Cl)c2)CCC1=O. The molecule has 1 aromatic heterocycles. The number of aromatic nitrogens is 1. The number of nitrogen functional groups attached to an aromatic ring is 1. The first kappa shape index (κ1) is 16.0. The molecule has 1 atom stereocenters. The predicted octanol–water partition coefficient (Wildman–Crippen LogP) is -0.0803. The van der Waals surface area contributed by atoms with Gasteiger partial charge in [-0.2, -0.15) is 0 Å². The molecule has 0 aliphatic carbocycles. The van der Waals surface area contributed by atoms with Gasteiger partial charge in [-0.05, 0) is 12.5 Å². The van der Waals surface area contributed by atoms with E-state index in [1.54, 1.807) is 7.05 Å². The molecule has 2 rings (SSSR count). The zero-order valence-electron chi connectivity index (χ0n) is 11.3. The van der Waals surface area contributed by atoms with E-state index < -0.39 is 10.0 Å². The highest BCUT2D eigenvalue weighted by Gasteiger charge is 2.27. The van der Waals surface area contributed by atoms with Crippen LogP contribution in [0, 0.1) is 0 Å². The minimum Gasteiger partial charge on any atom is -0.344 e. The number of pyridine rings is 1. The first-order chi connectivity index (χ1) is 9.83. The summed E-state index contributed by atoms with van der Waals surface area (Å²) in [4.78, 5) is 16.7. The molecule has 1 aliphatic heterocycles. The largest absolute Gasteiger partial charge is 0.344 e. The molecule has 0 saturated carbocycles. The van der Waals surface area contributed by atoms with Crippen molar-refractivity contribution in [2.24, 2.45) is 5.84 Å². The van der Waals surface area contributed by atoms with Crippen LogP contribution in [-0.2, 0) is 14.8 Å². The quantitative estimate of drug-likeness (QED) is 0.524. The van der Waals surface area contributed by atoms with Crippen molar-refractivity contribution in [2.75, 3.05) is 19.0 Å². The zero-order chi connectivity index (χ0) is 15.6. The Morgan fingerprint density at radius 2 is 2.24 bits per heavy atom. The maximum atomic E-state index is 12.3. The topological polar surface area (TPSA) is 117 Å². The molecule has 8 nitrogen and oxygen atoms in total. The van der Waals surface area contributed by atoms with Crippen LogP contribution in [0.1, 0.15) is 12.8 Å². The first-order valence-electron chi connectivity index (χ1n) is 6.22. The van der Waals surface area contributed by atoms with Crippen LogP contribution in [0.15, 0.2) is 17.2 Å². The van der Waals surface area contributed by atoms with E-state index >= 15 is 0 Å². The number of carbonyl (C=O) groups is 1. The average molecular weight is 334 g/mol. The van der Waals surface area contributed by atoms with E-state index in [2.05, 4.69) is 15.1 Å². The first-order valence-corrected chi connectivity index (χ1v) is 8.08. The van der Waals surface area contributed by atoms with E-state index in [1.807, 2.05) is 0 Å². The Hall–Kier alpha value is -1.42. The van der Waals surface area contributed by atoms with Gasteiger partial charge in [-0.3, -0.25) is 4.79 Å². The van der Waals surface area contributed by atoms with Crippen LogP contribution in [0.3, 0.4) is 0 Å². The molecule has 2 heterocycles. The number of nitrogens with two attached hydrogens (primary N) is 1. The molecule has 0 bridgehead atoms. The third kappa shape index (κ3) is 3.62. The van der Waals surface area contributed by atoms with Crippen molar-refractivity contribution in [3.05, 3.63) is 17.3 Å². The van der Waals surface area contributed by atoms with Gasteiger partial charge >= 0.3 is 0 Å². The summed E-state index contributed by atoms with van der Waals surface area (Å²) in [6, 6.07) is 0.938. The van der Waals surface area contributed by atoms with E-state index in [9.17, 15) is 13.2 Å². The fourth-order valence-electron chi connectivity index (χ4n) is 2.07. The summed E-state index contributed by atoms with van der Waals surface area (Å²) >= 11 is 5.87. The van der Waals surface area contributed by atoms with Gasteiger partial charge in [0.25, 0.3) is 0 Å². The number of piperidine rings is 1. The van der Waals surface area contributed by atoms with Gasteiger partial charge in [0, 0.05) is 32.3 Å². The maximum Gasteiger partial charge on any atom is 0.242 e. The van der Waals surface area contributed by atoms with Crippen LogP contribution >= 0.6 is 11.6 Å². The van der Waals surface area contributed by atoms with Gasteiger partial charge in [-0.25, -0.2) is 24.0 Å². The van der Waals surface area contributed by atoms with Gasteiger partial charge < -0.3 is 10.3 Å². The zero-order valence-corrected chi connectivity index (χ0v) is 12.9. The summed E-state index contributed by atoms with van der Waals surface area (Å²) in [6.45, 7) is 0.335. The van der Waals surface area contributed by atoms with E-state index in [0.717, 1.165) is 0 Å². The monoisotopic (exact) mass is 333 g/mol. The molecule has 1 amide bonds. The molecule has 1 fully saturated rings. The van der Waals surface area contributed by atoms with E-state index in [1.165, 1.54) is 17.2 Å². The van der Waals surface area contributed by atoms with Crippen LogP contribution in [0.25, 0.3) is 0 Å². The molecular formula is C11H16ClN5O3S.